The quantitative estimate of drug-likeness (QED) is 0.766. The zero-order valence-corrected chi connectivity index (χ0v) is 10.4. The molecule has 6 nitrogen and oxygen atoms in total. The lowest BCUT2D eigenvalue weighted by Crippen LogP contribution is -2.14. The van der Waals surface area contributed by atoms with Gasteiger partial charge in [-0.15, -0.1) is 5.10 Å². The third-order valence-corrected chi connectivity index (χ3v) is 2.68. The van der Waals surface area contributed by atoms with Gasteiger partial charge in [0.05, 0.1) is 18.8 Å². The summed E-state index contributed by atoms with van der Waals surface area (Å²) in [6.07, 6.45) is 5.49. The maximum atomic E-state index is 8.77. The van der Waals surface area contributed by atoms with Crippen LogP contribution in [-0.4, -0.2) is 31.7 Å². The predicted octanol–water partition coefficient (Wildman–Crippen LogP) is 0.264. The minimum atomic E-state index is 0.0745. The van der Waals surface area contributed by atoms with Crippen LogP contribution in [0.15, 0.2) is 24.7 Å². The Labute approximate surface area is 106 Å². The van der Waals surface area contributed by atoms with Crippen molar-refractivity contribution in [2.75, 3.05) is 6.61 Å². The van der Waals surface area contributed by atoms with E-state index >= 15 is 0 Å². The van der Waals surface area contributed by atoms with Gasteiger partial charge in [0.15, 0.2) is 0 Å². The summed E-state index contributed by atoms with van der Waals surface area (Å²) >= 11 is 0. The lowest BCUT2D eigenvalue weighted by Gasteiger charge is -2.05. The molecule has 0 radical (unpaired) electrons. The van der Waals surface area contributed by atoms with E-state index in [2.05, 4.69) is 27.5 Å². The highest BCUT2D eigenvalue weighted by Crippen LogP contribution is 2.04. The summed E-state index contributed by atoms with van der Waals surface area (Å²) in [5.74, 6) is 0. The average molecular weight is 247 g/mol. The van der Waals surface area contributed by atoms with Gasteiger partial charge in [0, 0.05) is 31.7 Å². The van der Waals surface area contributed by atoms with Crippen LogP contribution in [0.2, 0.25) is 0 Å². The molecule has 0 saturated carbocycles. The molecule has 0 aliphatic carbocycles. The summed E-state index contributed by atoms with van der Waals surface area (Å²) < 4.78 is 1.63. The first kappa shape index (κ1) is 12.7. The molecule has 2 aromatic heterocycles. The predicted molar refractivity (Wildman–Crippen MR) is 66.6 cm³/mol. The van der Waals surface area contributed by atoms with Crippen LogP contribution in [0.1, 0.15) is 16.8 Å². The monoisotopic (exact) mass is 247 g/mol. The van der Waals surface area contributed by atoms with Gasteiger partial charge >= 0.3 is 0 Å². The van der Waals surface area contributed by atoms with Crippen molar-refractivity contribution in [3.63, 3.8) is 0 Å². The van der Waals surface area contributed by atoms with E-state index in [-0.39, 0.29) is 6.61 Å². The second kappa shape index (κ2) is 6.23. The summed E-state index contributed by atoms with van der Waals surface area (Å²) in [5, 5.41) is 20.0. The van der Waals surface area contributed by atoms with Crippen LogP contribution in [0.25, 0.3) is 0 Å². The molecular weight excluding hydrogens is 230 g/mol. The zero-order chi connectivity index (χ0) is 12.8. The second-order valence-electron chi connectivity index (χ2n) is 4.10. The van der Waals surface area contributed by atoms with Gasteiger partial charge in [-0.2, -0.15) is 0 Å². The molecule has 0 aromatic carbocycles. The van der Waals surface area contributed by atoms with Crippen molar-refractivity contribution in [1.82, 2.24) is 25.3 Å². The Morgan fingerprint density at radius 2 is 2.28 bits per heavy atom. The Balaban J connectivity index is 1.83. The molecule has 0 aliphatic heterocycles. The Morgan fingerprint density at radius 1 is 1.39 bits per heavy atom. The van der Waals surface area contributed by atoms with Gasteiger partial charge < -0.3 is 10.4 Å². The Kier molecular flexibility index (Phi) is 4.38. The maximum absolute atomic E-state index is 8.77. The second-order valence-corrected chi connectivity index (χ2v) is 4.10. The number of aryl methyl sites for hydroxylation is 1. The average Bonchev–Trinajstić information content (AvgIpc) is 2.80. The van der Waals surface area contributed by atoms with Crippen molar-refractivity contribution in [3.8, 4) is 0 Å². The van der Waals surface area contributed by atoms with Crippen LogP contribution in [0.3, 0.4) is 0 Å². The molecule has 0 aliphatic rings. The van der Waals surface area contributed by atoms with E-state index in [1.54, 1.807) is 10.9 Å². The summed E-state index contributed by atoms with van der Waals surface area (Å²) in [7, 11) is 0. The number of hydrogen-bond acceptors (Lipinski definition) is 5. The number of hydrogen-bond donors (Lipinski definition) is 2. The van der Waals surface area contributed by atoms with Crippen LogP contribution >= 0.6 is 0 Å². The number of nitrogens with zero attached hydrogens (tertiary/aromatic N) is 4. The van der Waals surface area contributed by atoms with E-state index in [1.807, 2.05) is 18.5 Å². The first-order valence-electron chi connectivity index (χ1n) is 5.89. The molecular formula is C12H17N5O. The Morgan fingerprint density at radius 3 is 3.06 bits per heavy atom. The molecule has 2 aromatic rings. The lowest BCUT2D eigenvalue weighted by atomic mass is 10.1. The maximum Gasteiger partial charge on any atom is 0.0964 e. The fourth-order valence-electron chi connectivity index (χ4n) is 1.64. The van der Waals surface area contributed by atoms with Crippen LogP contribution in [0.4, 0.5) is 0 Å². The first-order valence-corrected chi connectivity index (χ1v) is 5.89. The molecule has 0 bridgehead atoms. The topological polar surface area (TPSA) is 75.9 Å². The summed E-state index contributed by atoms with van der Waals surface area (Å²) in [6, 6.07) is 1.99. The van der Waals surface area contributed by atoms with Crippen molar-refractivity contribution >= 4 is 0 Å². The fourth-order valence-corrected chi connectivity index (χ4v) is 1.64. The molecule has 0 unspecified atom stereocenters. The van der Waals surface area contributed by atoms with Crippen LogP contribution in [-0.2, 0) is 19.6 Å². The number of nitrogens with one attached hydrogen (secondary N) is 1. The summed E-state index contributed by atoms with van der Waals surface area (Å²) in [6.45, 7) is 4.03. The number of aromatic nitrogens is 4. The minimum absolute atomic E-state index is 0.0745. The van der Waals surface area contributed by atoms with Gasteiger partial charge in [-0.25, -0.2) is 4.68 Å². The summed E-state index contributed by atoms with van der Waals surface area (Å²) in [4.78, 5) is 4.10. The van der Waals surface area contributed by atoms with Crippen molar-refractivity contribution < 1.29 is 5.11 Å². The third-order valence-electron chi connectivity index (χ3n) is 2.68. The van der Waals surface area contributed by atoms with Gasteiger partial charge in [0.1, 0.15) is 0 Å². The molecule has 2 N–H and O–H groups in total. The molecule has 6 heteroatoms. The Hall–Kier alpha value is -1.79. The highest BCUT2D eigenvalue weighted by molar-refractivity contribution is 5.21. The van der Waals surface area contributed by atoms with Gasteiger partial charge in [-0.05, 0) is 24.1 Å². The standard InChI is InChI=1S/C12H17N5O/c1-10-2-3-13-6-11(10)7-14-8-12-9-17(4-5-18)16-15-12/h2-3,6,9,14,18H,4-5,7-8H2,1H3. The van der Waals surface area contributed by atoms with Gasteiger partial charge in [-0.3, -0.25) is 4.98 Å². The van der Waals surface area contributed by atoms with Gasteiger partial charge in [-0.1, -0.05) is 5.21 Å². The highest BCUT2D eigenvalue weighted by atomic mass is 16.3. The molecule has 0 saturated heterocycles. The molecule has 0 amide bonds. The number of aliphatic hydroxyl groups is 1. The number of rotatable bonds is 6. The van der Waals surface area contributed by atoms with Crippen molar-refractivity contribution in [2.24, 2.45) is 0 Å². The fraction of sp³-hybridized carbons (Fsp3) is 0.417. The van der Waals surface area contributed by atoms with Crippen molar-refractivity contribution in [1.29, 1.82) is 0 Å². The van der Waals surface area contributed by atoms with Crippen LogP contribution in [0.5, 0.6) is 0 Å². The summed E-state index contributed by atoms with van der Waals surface area (Å²) in [5.41, 5.74) is 3.27. The number of pyridine rings is 1. The largest absolute Gasteiger partial charge is 0.394 e. The smallest absolute Gasteiger partial charge is 0.0964 e. The van der Waals surface area contributed by atoms with Crippen LogP contribution in [0, 0.1) is 6.92 Å². The zero-order valence-electron chi connectivity index (χ0n) is 10.4. The third kappa shape index (κ3) is 3.35. The van der Waals surface area contributed by atoms with Crippen molar-refractivity contribution in [3.05, 3.63) is 41.5 Å². The molecule has 0 atom stereocenters. The van der Waals surface area contributed by atoms with E-state index in [1.165, 1.54) is 11.1 Å². The number of aliphatic hydroxyl groups excluding tert-OH is 1. The van der Waals surface area contributed by atoms with E-state index in [0.29, 0.717) is 13.1 Å². The lowest BCUT2D eigenvalue weighted by molar-refractivity contribution is 0.268. The molecule has 96 valence electrons. The van der Waals surface area contributed by atoms with Gasteiger partial charge in [0.2, 0.25) is 0 Å². The molecule has 2 rings (SSSR count). The van der Waals surface area contributed by atoms with E-state index < -0.39 is 0 Å². The minimum Gasteiger partial charge on any atom is -0.394 e. The van der Waals surface area contributed by atoms with Crippen LogP contribution < -0.4 is 5.32 Å². The Bertz CT molecular complexity index is 497. The molecule has 2 heterocycles. The first-order chi connectivity index (χ1) is 8.79. The van der Waals surface area contributed by atoms with E-state index in [0.717, 1.165) is 12.2 Å². The molecule has 18 heavy (non-hydrogen) atoms. The normalized spacial score (nSPS) is 10.8. The molecule has 0 fully saturated rings. The van der Waals surface area contributed by atoms with E-state index in [4.69, 9.17) is 5.11 Å². The van der Waals surface area contributed by atoms with Crippen molar-refractivity contribution in [2.45, 2.75) is 26.6 Å². The highest BCUT2D eigenvalue weighted by Gasteiger charge is 2.01. The van der Waals surface area contributed by atoms with E-state index in [9.17, 15) is 0 Å². The SMILES string of the molecule is Cc1ccncc1CNCc1cn(CCO)nn1. The molecule has 0 spiro atoms. The van der Waals surface area contributed by atoms with Gasteiger partial charge in [0.25, 0.3) is 0 Å².